The lowest BCUT2D eigenvalue weighted by Crippen LogP contribution is -2.37. The summed E-state index contributed by atoms with van der Waals surface area (Å²) < 4.78 is 0. The normalized spacial score (nSPS) is 52.9. The van der Waals surface area contributed by atoms with E-state index in [9.17, 15) is 5.21 Å². The topological polar surface area (TPSA) is 32.6 Å². The second-order valence-corrected chi connectivity index (χ2v) is 9.78. The van der Waals surface area contributed by atoms with Crippen molar-refractivity contribution < 1.29 is 5.21 Å². The first kappa shape index (κ1) is 14.8. The summed E-state index contributed by atoms with van der Waals surface area (Å²) in [6.07, 6.45) is 3.82. The van der Waals surface area contributed by atoms with Gasteiger partial charge in [-0.1, -0.05) is 52.3 Å². The average Bonchev–Trinajstić information content (AvgIpc) is 3.14. The molecule has 2 heteroatoms. The van der Waals surface area contributed by atoms with Gasteiger partial charge in [0.25, 0.3) is 0 Å². The van der Waals surface area contributed by atoms with E-state index in [4.69, 9.17) is 0 Å². The van der Waals surface area contributed by atoms with E-state index < -0.39 is 0 Å². The van der Waals surface area contributed by atoms with Crippen LogP contribution in [0, 0.1) is 46.3 Å². The lowest BCUT2D eigenvalue weighted by Gasteiger charge is -2.42. The number of fused-ring (bicyclic) bond motifs is 4. The third-order valence-corrected chi connectivity index (χ3v) is 8.88. The first-order valence-electron chi connectivity index (χ1n) is 9.16. The highest BCUT2D eigenvalue weighted by molar-refractivity contribution is 6.06. The summed E-state index contributed by atoms with van der Waals surface area (Å²) in [5.41, 5.74) is 5.06. The first-order valence-corrected chi connectivity index (χ1v) is 9.16. The van der Waals surface area contributed by atoms with Crippen LogP contribution in [0.2, 0.25) is 0 Å². The molecular weight excluding hydrogens is 270 g/mol. The molecule has 4 rings (SSSR count). The SMILES string of the molecule is C[C@@H]1[C@H]2C[C@H](CC2=C2C(=NO)[C@@H]3C[C@H]2C(C)(C)[C@H]3C)C1(C)C. The number of oxime groups is 1. The summed E-state index contributed by atoms with van der Waals surface area (Å²) >= 11 is 0. The maximum atomic E-state index is 9.70. The molecule has 0 unspecified atom stereocenters. The van der Waals surface area contributed by atoms with Crippen LogP contribution in [-0.2, 0) is 0 Å². The molecule has 0 aromatic heterocycles. The molecule has 0 radical (unpaired) electrons. The van der Waals surface area contributed by atoms with Gasteiger partial charge < -0.3 is 5.21 Å². The Labute approximate surface area is 135 Å². The van der Waals surface area contributed by atoms with E-state index >= 15 is 0 Å². The van der Waals surface area contributed by atoms with Crippen LogP contribution in [0.15, 0.2) is 16.3 Å². The van der Waals surface area contributed by atoms with Crippen molar-refractivity contribution in [2.45, 2.75) is 60.8 Å². The number of rotatable bonds is 0. The molecule has 4 bridgehead atoms. The van der Waals surface area contributed by atoms with Crippen molar-refractivity contribution in [2.75, 3.05) is 0 Å². The van der Waals surface area contributed by atoms with Crippen molar-refractivity contribution in [1.82, 2.24) is 0 Å². The third-order valence-electron chi connectivity index (χ3n) is 8.88. The quantitative estimate of drug-likeness (QED) is 0.488. The molecule has 22 heavy (non-hydrogen) atoms. The van der Waals surface area contributed by atoms with Gasteiger partial charge in [-0.25, -0.2) is 0 Å². The highest BCUT2D eigenvalue weighted by Crippen LogP contribution is 2.66. The molecule has 1 N–H and O–H groups in total. The summed E-state index contributed by atoms with van der Waals surface area (Å²) in [7, 11) is 0. The molecule has 4 aliphatic carbocycles. The zero-order valence-electron chi connectivity index (χ0n) is 15.0. The molecule has 122 valence electrons. The van der Waals surface area contributed by atoms with Crippen LogP contribution in [0.25, 0.3) is 0 Å². The average molecular weight is 301 g/mol. The zero-order chi connectivity index (χ0) is 16.0. The predicted molar refractivity (Wildman–Crippen MR) is 89.9 cm³/mol. The maximum absolute atomic E-state index is 9.70. The summed E-state index contributed by atoms with van der Waals surface area (Å²) in [6, 6.07) is 0. The van der Waals surface area contributed by atoms with Crippen LogP contribution in [0.3, 0.4) is 0 Å². The molecule has 4 aliphatic rings. The Balaban J connectivity index is 1.81. The molecular formula is C20H31NO. The highest BCUT2D eigenvalue weighted by atomic mass is 16.4. The van der Waals surface area contributed by atoms with Crippen molar-refractivity contribution in [3.63, 3.8) is 0 Å². The minimum Gasteiger partial charge on any atom is -0.411 e. The molecule has 4 saturated carbocycles. The lowest BCUT2D eigenvalue weighted by atomic mass is 9.62. The van der Waals surface area contributed by atoms with E-state index in [-0.39, 0.29) is 0 Å². The van der Waals surface area contributed by atoms with Gasteiger partial charge in [-0.05, 0) is 65.3 Å². The van der Waals surface area contributed by atoms with Gasteiger partial charge in [0.2, 0.25) is 0 Å². The fourth-order valence-corrected chi connectivity index (χ4v) is 6.55. The van der Waals surface area contributed by atoms with Crippen molar-refractivity contribution in [3.05, 3.63) is 11.1 Å². The van der Waals surface area contributed by atoms with E-state index in [0.29, 0.717) is 28.6 Å². The van der Waals surface area contributed by atoms with Gasteiger partial charge in [0, 0.05) is 5.92 Å². The van der Waals surface area contributed by atoms with Gasteiger partial charge in [-0.2, -0.15) is 0 Å². The molecule has 0 amide bonds. The Morgan fingerprint density at radius 3 is 2.14 bits per heavy atom. The minimum atomic E-state index is 0.349. The number of hydrogen-bond acceptors (Lipinski definition) is 2. The lowest BCUT2D eigenvalue weighted by molar-refractivity contribution is 0.160. The molecule has 0 saturated heterocycles. The van der Waals surface area contributed by atoms with E-state index in [1.54, 1.807) is 5.57 Å². The Bertz CT molecular complexity index is 579. The summed E-state index contributed by atoms with van der Waals surface area (Å²) in [5.74, 6) is 4.04. The fraction of sp³-hybridized carbons (Fsp3) is 0.850. The van der Waals surface area contributed by atoms with Crippen molar-refractivity contribution in [3.8, 4) is 0 Å². The largest absolute Gasteiger partial charge is 0.411 e. The predicted octanol–water partition coefficient (Wildman–Crippen LogP) is 5.13. The Hall–Kier alpha value is -0.790. The molecule has 0 heterocycles. The molecule has 4 fully saturated rings. The maximum Gasteiger partial charge on any atom is 0.0864 e. The van der Waals surface area contributed by atoms with Gasteiger partial charge >= 0.3 is 0 Å². The summed E-state index contributed by atoms with van der Waals surface area (Å²) in [4.78, 5) is 0. The standard InChI is InChI=1S/C20H31NO/c1-10-13-7-12(19(10,3)4)8-15(13)17-16-9-14(18(17)21-22)11(2)20(16,5)6/h10-14,16,22H,7-9H2,1-6H3/t10-,11+,12-,13-,14-,16-/m1/s1. The van der Waals surface area contributed by atoms with Crippen LogP contribution < -0.4 is 0 Å². The van der Waals surface area contributed by atoms with Gasteiger partial charge in [-0.3, -0.25) is 0 Å². The fourth-order valence-electron chi connectivity index (χ4n) is 6.55. The van der Waals surface area contributed by atoms with Gasteiger partial charge in [-0.15, -0.1) is 0 Å². The summed E-state index contributed by atoms with van der Waals surface area (Å²) in [5, 5.41) is 13.5. The van der Waals surface area contributed by atoms with Crippen LogP contribution in [0.1, 0.15) is 60.8 Å². The zero-order valence-corrected chi connectivity index (χ0v) is 15.0. The molecule has 0 aliphatic heterocycles. The van der Waals surface area contributed by atoms with E-state index in [1.165, 1.54) is 24.8 Å². The van der Waals surface area contributed by atoms with Crippen molar-refractivity contribution in [2.24, 2.45) is 51.5 Å². The van der Waals surface area contributed by atoms with Crippen LogP contribution in [-0.4, -0.2) is 10.9 Å². The molecule has 0 aromatic carbocycles. The smallest absolute Gasteiger partial charge is 0.0864 e. The Morgan fingerprint density at radius 1 is 0.955 bits per heavy atom. The van der Waals surface area contributed by atoms with Crippen molar-refractivity contribution >= 4 is 5.71 Å². The van der Waals surface area contributed by atoms with Gasteiger partial charge in [0.1, 0.15) is 0 Å². The van der Waals surface area contributed by atoms with E-state index in [2.05, 4.69) is 46.7 Å². The van der Waals surface area contributed by atoms with Crippen LogP contribution in [0.4, 0.5) is 0 Å². The second kappa shape index (κ2) is 4.19. The third kappa shape index (κ3) is 1.50. The second-order valence-electron chi connectivity index (χ2n) is 9.78. The molecule has 0 aromatic rings. The number of nitrogens with zero attached hydrogens (tertiary/aromatic N) is 1. The van der Waals surface area contributed by atoms with E-state index in [0.717, 1.165) is 23.5 Å². The van der Waals surface area contributed by atoms with Crippen LogP contribution >= 0.6 is 0 Å². The first-order chi connectivity index (χ1) is 10.2. The Morgan fingerprint density at radius 2 is 1.59 bits per heavy atom. The van der Waals surface area contributed by atoms with Crippen LogP contribution in [0.5, 0.6) is 0 Å². The summed E-state index contributed by atoms with van der Waals surface area (Å²) in [6.45, 7) is 14.6. The molecule has 0 spiro atoms. The Kier molecular flexibility index (Phi) is 2.81. The van der Waals surface area contributed by atoms with E-state index in [1.807, 2.05) is 0 Å². The van der Waals surface area contributed by atoms with Gasteiger partial charge in [0.15, 0.2) is 0 Å². The molecule has 6 atom stereocenters. The van der Waals surface area contributed by atoms with Gasteiger partial charge in [0.05, 0.1) is 5.71 Å². The monoisotopic (exact) mass is 301 g/mol. The highest BCUT2D eigenvalue weighted by Gasteiger charge is 2.60. The minimum absolute atomic E-state index is 0.349. The number of allylic oxidation sites excluding steroid dienone is 2. The number of hydrogen-bond donors (Lipinski definition) is 1. The molecule has 2 nitrogen and oxygen atoms in total. The van der Waals surface area contributed by atoms with Crippen molar-refractivity contribution in [1.29, 1.82) is 0 Å².